The van der Waals surface area contributed by atoms with Crippen LogP contribution in [0.25, 0.3) is 0 Å². The van der Waals surface area contributed by atoms with E-state index in [1.165, 1.54) is 4.90 Å². The minimum Gasteiger partial charge on any atom is -0.480 e. The highest BCUT2D eigenvalue weighted by Gasteiger charge is 2.23. The van der Waals surface area contributed by atoms with Gasteiger partial charge < -0.3 is 36.2 Å². The van der Waals surface area contributed by atoms with Gasteiger partial charge in [-0.2, -0.15) is 25.3 Å². The van der Waals surface area contributed by atoms with Gasteiger partial charge in [0, 0.05) is 37.7 Å². The Morgan fingerprint density at radius 3 is 1.05 bits per heavy atom. The second kappa shape index (κ2) is 19.0. The molecule has 0 heterocycles. The Balaban J connectivity index is 5.32. The zero-order chi connectivity index (χ0) is 30.1. The molecule has 2 atom stereocenters. The van der Waals surface area contributed by atoms with E-state index in [2.05, 4.69) is 35.9 Å². The van der Waals surface area contributed by atoms with Crippen molar-refractivity contribution in [3.05, 3.63) is 0 Å². The smallest absolute Gasteiger partial charge is 0.327 e. The molecule has 2 amide bonds. The van der Waals surface area contributed by atoms with Gasteiger partial charge in [0.15, 0.2) is 0 Å². The highest BCUT2D eigenvalue weighted by molar-refractivity contribution is 7.80. The molecule has 0 spiro atoms. The summed E-state index contributed by atoms with van der Waals surface area (Å²) in [5, 5.41) is 50.0. The summed E-state index contributed by atoms with van der Waals surface area (Å²) in [7, 11) is 0. The Morgan fingerprint density at radius 1 is 0.513 bits per heavy atom. The van der Waals surface area contributed by atoms with E-state index >= 15 is 0 Å². The molecule has 0 saturated carbocycles. The summed E-state index contributed by atoms with van der Waals surface area (Å²) in [6, 6.07) is -2.60. The molecule has 0 fully saturated rings. The zero-order valence-electron chi connectivity index (χ0n) is 20.8. The third kappa shape index (κ3) is 17.1. The fraction of sp³-hybridized carbons (Fsp3) is 0.650. The van der Waals surface area contributed by atoms with Crippen LogP contribution in [-0.4, -0.2) is 164 Å². The fourth-order valence-corrected chi connectivity index (χ4v) is 3.59. The molecule has 0 aliphatic rings. The van der Waals surface area contributed by atoms with E-state index in [1.807, 2.05) is 0 Å². The third-order valence-corrected chi connectivity index (χ3v) is 5.64. The van der Waals surface area contributed by atoms with Gasteiger partial charge in [0.2, 0.25) is 11.8 Å². The lowest BCUT2D eigenvalue weighted by molar-refractivity contribution is -0.142. The predicted molar refractivity (Wildman–Crippen MR) is 139 cm³/mol. The van der Waals surface area contributed by atoms with Crippen LogP contribution in [0, 0.1) is 0 Å². The fourth-order valence-electron chi connectivity index (χ4n) is 3.09. The maximum absolute atomic E-state index is 12.2. The molecule has 17 nitrogen and oxygen atoms in total. The number of carboxylic acid groups (broad SMARTS) is 5. The van der Waals surface area contributed by atoms with Crippen molar-refractivity contribution in [3.8, 4) is 0 Å². The van der Waals surface area contributed by atoms with E-state index in [0.717, 1.165) is 9.80 Å². The molecule has 0 aromatic heterocycles. The van der Waals surface area contributed by atoms with E-state index in [0.29, 0.717) is 0 Å². The van der Waals surface area contributed by atoms with Gasteiger partial charge in [-0.15, -0.1) is 0 Å². The van der Waals surface area contributed by atoms with Crippen LogP contribution < -0.4 is 10.6 Å². The van der Waals surface area contributed by atoms with Crippen molar-refractivity contribution in [1.29, 1.82) is 0 Å². The summed E-state index contributed by atoms with van der Waals surface area (Å²) in [6.07, 6.45) is 0. The van der Waals surface area contributed by atoms with E-state index in [-0.39, 0.29) is 37.7 Å². The maximum Gasteiger partial charge on any atom is 0.327 e. The van der Waals surface area contributed by atoms with Gasteiger partial charge in [-0.25, -0.2) is 9.59 Å². The first-order valence-corrected chi connectivity index (χ1v) is 12.5. The molecule has 0 aromatic carbocycles. The number of nitrogens with one attached hydrogen (secondary N) is 2. The normalized spacial score (nSPS) is 12.6. The minimum absolute atomic E-state index is 0.0877. The van der Waals surface area contributed by atoms with Gasteiger partial charge in [-0.05, 0) is 0 Å². The number of aliphatic carboxylic acids is 5. The second-order valence-electron chi connectivity index (χ2n) is 8.16. The number of rotatable bonds is 22. The highest BCUT2D eigenvalue weighted by Crippen LogP contribution is 1.99. The molecule has 0 aromatic rings. The number of carbonyl (C=O) groups is 7. The molecular weight excluding hydrogens is 566 g/mol. The van der Waals surface area contributed by atoms with Gasteiger partial charge in [-0.1, -0.05) is 0 Å². The van der Waals surface area contributed by atoms with Crippen molar-refractivity contribution in [2.24, 2.45) is 0 Å². The van der Waals surface area contributed by atoms with Crippen molar-refractivity contribution in [3.63, 3.8) is 0 Å². The second-order valence-corrected chi connectivity index (χ2v) is 8.89. The minimum atomic E-state index is -1.33. The Morgan fingerprint density at radius 2 is 0.795 bits per heavy atom. The van der Waals surface area contributed by atoms with Crippen LogP contribution in [0.1, 0.15) is 0 Å². The summed E-state index contributed by atoms with van der Waals surface area (Å²) in [5.74, 6) is -8.50. The number of carboxylic acids is 5. The molecule has 0 rings (SSSR count). The molecule has 0 aliphatic heterocycles. The number of hydrogen-bond acceptors (Lipinski definition) is 12. The van der Waals surface area contributed by atoms with Crippen molar-refractivity contribution < 1.29 is 59.1 Å². The van der Waals surface area contributed by atoms with Crippen LogP contribution >= 0.6 is 25.3 Å². The van der Waals surface area contributed by atoms with Gasteiger partial charge >= 0.3 is 29.8 Å². The Bertz CT molecular complexity index is 831. The molecule has 0 saturated heterocycles. The van der Waals surface area contributed by atoms with Gasteiger partial charge in [-0.3, -0.25) is 38.7 Å². The van der Waals surface area contributed by atoms with Crippen LogP contribution in [0.3, 0.4) is 0 Å². The highest BCUT2D eigenvalue weighted by atomic mass is 32.1. The zero-order valence-corrected chi connectivity index (χ0v) is 22.6. The van der Waals surface area contributed by atoms with Crippen molar-refractivity contribution >= 4 is 66.9 Å². The summed E-state index contributed by atoms with van der Waals surface area (Å²) >= 11 is 7.65. The summed E-state index contributed by atoms with van der Waals surface area (Å²) in [6.45, 7) is -3.23. The molecule has 39 heavy (non-hydrogen) atoms. The first-order chi connectivity index (χ1) is 18.2. The average molecular weight is 600 g/mol. The van der Waals surface area contributed by atoms with E-state index in [9.17, 15) is 38.7 Å². The van der Waals surface area contributed by atoms with Gasteiger partial charge in [0.25, 0.3) is 0 Å². The van der Waals surface area contributed by atoms with Crippen molar-refractivity contribution in [2.75, 3.05) is 70.4 Å². The molecule has 222 valence electrons. The average Bonchev–Trinajstić information content (AvgIpc) is 2.80. The molecule has 0 bridgehead atoms. The largest absolute Gasteiger partial charge is 0.480 e. The van der Waals surface area contributed by atoms with Crippen LogP contribution in [-0.2, 0) is 33.6 Å². The lowest BCUT2D eigenvalue weighted by Crippen LogP contribution is -2.50. The van der Waals surface area contributed by atoms with Crippen LogP contribution in [0.15, 0.2) is 0 Å². The number of amides is 2. The van der Waals surface area contributed by atoms with E-state index in [4.69, 9.17) is 20.4 Å². The van der Waals surface area contributed by atoms with Gasteiger partial charge in [0.1, 0.15) is 12.1 Å². The quantitative estimate of drug-likeness (QED) is 0.0540. The lowest BCUT2D eigenvalue weighted by Gasteiger charge is -2.28. The monoisotopic (exact) mass is 599 g/mol. The van der Waals surface area contributed by atoms with E-state index in [1.54, 1.807) is 0 Å². The maximum atomic E-state index is 12.2. The van der Waals surface area contributed by atoms with Crippen molar-refractivity contribution in [2.45, 2.75) is 12.1 Å². The Kier molecular flexibility index (Phi) is 17.5. The van der Waals surface area contributed by atoms with Crippen LogP contribution in [0.2, 0.25) is 0 Å². The summed E-state index contributed by atoms with van der Waals surface area (Å²) in [5.41, 5.74) is 0. The number of nitrogens with zero attached hydrogens (tertiary/aromatic N) is 3. The number of hydrogen-bond donors (Lipinski definition) is 9. The summed E-state index contributed by atoms with van der Waals surface area (Å²) in [4.78, 5) is 84.0. The number of thiol groups is 2. The van der Waals surface area contributed by atoms with Crippen molar-refractivity contribution in [1.82, 2.24) is 25.3 Å². The molecule has 2 unspecified atom stereocenters. The molecule has 0 aliphatic carbocycles. The Labute approximate surface area is 233 Å². The number of carbonyl (C=O) groups excluding carboxylic acids is 2. The SMILES string of the molecule is O=C(O)CN(CCN(CC(=O)O)CC(=O)NC(CS)C(=O)O)CCN(CC(=O)O)CC(=O)NC(CS)C(=O)O. The summed E-state index contributed by atoms with van der Waals surface area (Å²) < 4.78 is 0. The van der Waals surface area contributed by atoms with Crippen LogP contribution in [0.4, 0.5) is 0 Å². The Hall–Kier alpha value is -3.13. The van der Waals surface area contributed by atoms with Crippen LogP contribution in [0.5, 0.6) is 0 Å². The molecule has 19 heteroatoms. The van der Waals surface area contributed by atoms with E-state index < -0.39 is 86.5 Å². The molecule has 7 N–H and O–H groups in total. The molecular formula is C20H33N5O12S2. The standard InChI is InChI=1S/C20H33N5O12S2/c26-14(21-12(10-38)19(34)35)5-24(8-17(30)31)3-1-23(7-16(28)29)2-4-25(9-18(32)33)6-15(27)22-13(11-39)20(36)37/h12-13,38-39H,1-11H2,(H,21,26)(H,22,27)(H,28,29)(H,30,31)(H,32,33)(H,34,35)(H,36,37). The topological polar surface area (TPSA) is 254 Å². The first kappa shape index (κ1) is 35.9. The lowest BCUT2D eigenvalue weighted by atomic mass is 10.3. The van der Waals surface area contributed by atoms with Gasteiger partial charge in [0.05, 0.1) is 32.7 Å². The third-order valence-electron chi connectivity index (χ3n) is 4.91. The molecule has 0 radical (unpaired) electrons. The first-order valence-electron chi connectivity index (χ1n) is 11.3. The predicted octanol–water partition coefficient (Wildman–Crippen LogP) is -3.86.